The van der Waals surface area contributed by atoms with Gasteiger partial charge >= 0.3 is 0 Å². The first kappa shape index (κ1) is 12.8. The van der Waals surface area contributed by atoms with E-state index in [1.807, 2.05) is 0 Å². The molecule has 0 aromatic heterocycles. The first-order chi connectivity index (χ1) is 8.20. The molecule has 2 fully saturated rings. The number of rotatable bonds is 2. The molecule has 0 spiro atoms. The third-order valence-electron chi connectivity index (χ3n) is 4.21. The van der Waals surface area contributed by atoms with Crippen molar-refractivity contribution in [1.29, 1.82) is 0 Å². The lowest BCUT2D eigenvalue weighted by Gasteiger charge is -2.42. The Labute approximate surface area is 104 Å². The molecule has 1 saturated heterocycles. The second-order valence-corrected chi connectivity index (χ2v) is 5.58. The largest absolute Gasteiger partial charge is 0.411 e. The Balaban J connectivity index is 1.84. The summed E-state index contributed by atoms with van der Waals surface area (Å²) in [4.78, 5) is 5.13. The van der Waals surface area contributed by atoms with E-state index >= 15 is 0 Å². The van der Waals surface area contributed by atoms with Crippen molar-refractivity contribution >= 4 is 5.71 Å². The number of hydrogen-bond donors (Lipinski definition) is 1. The highest BCUT2D eigenvalue weighted by Crippen LogP contribution is 2.22. The van der Waals surface area contributed by atoms with E-state index in [1.54, 1.807) is 0 Å². The summed E-state index contributed by atoms with van der Waals surface area (Å²) in [6, 6.07) is 1.28. The van der Waals surface area contributed by atoms with Gasteiger partial charge in [0.15, 0.2) is 0 Å². The van der Waals surface area contributed by atoms with Crippen LogP contribution in [0.2, 0.25) is 0 Å². The summed E-state index contributed by atoms with van der Waals surface area (Å²) in [5.41, 5.74) is 0.993. The molecule has 0 aromatic rings. The predicted octanol–water partition coefficient (Wildman–Crippen LogP) is 1.79. The van der Waals surface area contributed by atoms with Crippen molar-refractivity contribution in [3.05, 3.63) is 0 Å². The Hall–Kier alpha value is -0.610. The van der Waals surface area contributed by atoms with E-state index in [2.05, 4.69) is 28.8 Å². The zero-order chi connectivity index (χ0) is 12.3. The molecule has 1 aliphatic heterocycles. The van der Waals surface area contributed by atoms with E-state index in [0.29, 0.717) is 12.1 Å². The number of nitrogens with zero attached hydrogens (tertiary/aromatic N) is 3. The van der Waals surface area contributed by atoms with E-state index in [4.69, 9.17) is 5.21 Å². The van der Waals surface area contributed by atoms with E-state index < -0.39 is 0 Å². The van der Waals surface area contributed by atoms with Crippen molar-refractivity contribution < 1.29 is 5.21 Å². The summed E-state index contributed by atoms with van der Waals surface area (Å²) >= 11 is 0. The summed E-state index contributed by atoms with van der Waals surface area (Å²) in [5, 5.41) is 12.3. The monoisotopic (exact) mass is 239 g/mol. The second kappa shape index (κ2) is 5.83. The van der Waals surface area contributed by atoms with Crippen molar-refractivity contribution in [2.24, 2.45) is 5.16 Å². The third-order valence-corrected chi connectivity index (χ3v) is 4.21. The molecule has 4 heteroatoms. The van der Waals surface area contributed by atoms with Gasteiger partial charge in [0.05, 0.1) is 5.71 Å². The van der Waals surface area contributed by atoms with Crippen LogP contribution in [0.5, 0.6) is 0 Å². The van der Waals surface area contributed by atoms with Crippen molar-refractivity contribution in [2.45, 2.75) is 51.6 Å². The maximum absolute atomic E-state index is 8.88. The van der Waals surface area contributed by atoms with Gasteiger partial charge in [-0.1, -0.05) is 5.16 Å². The molecule has 0 amide bonds. The molecule has 2 aliphatic rings. The Morgan fingerprint density at radius 1 is 1.24 bits per heavy atom. The summed E-state index contributed by atoms with van der Waals surface area (Å²) in [7, 11) is 0. The Morgan fingerprint density at radius 3 is 2.53 bits per heavy atom. The summed E-state index contributed by atoms with van der Waals surface area (Å²) in [5.74, 6) is 0. The fourth-order valence-corrected chi connectivity index (χ4v) is 3.04. The molecule has 0 bridgehead atoms. The minimum Gasteiger partial charge on any atom is -0.411 e. The fourth-order valence-electron chi connectivity index (χ4n) is 3.04. The molecule has 2 rings (SSSR count). The second-order valence-electron chi connectivity index (χ2n) is 5.58. The lowest BCUT2D eigenvalue weighted by atomic mass is 9.92. The minimum absolute atomic E-state index is 0.615. The van der Waals surface area contributed by atoms with Crippen LogP contribution >= 0.6 is 0 Å². The van der Waals surface area contributed by atoms with Crippen LogP contribution in [-0.2, 0) is 0 Å². The van der Waals surface area contributed by atoms with Crippen molar-refractivity contribution in [3.8, 4) is 0 Å². The van der Waals surface area contributed by atoms with E-state index in [9.17, 15) is 0 Å². The van der Waals surface area contributed by atoms with Gasteiger partial charge < -0.3 is 5.21 Å². The Morgan fingerprint density at radius 2 is 1.94 bits per heavy atom. The quantitative estimate of drug-likeness (QED) is 0.590. The molecule has 1 atom stereocenters. The zero-order valence-corrected chi connectivity index (χ0v) is 11.1. The van der Waals surface area contributed by atoms with Gasteiger partial charge in [0.2, 0.25) is 0 Å². The molecular weight excluding hydrogens is 214 g/mol. The van der Waals surface area contributed by atoms with Crippen LogP contribution in [0.1, 0.15) is 39.5 Å². The van der Waals surface area contributed by atoms with Gasteiger partial charge in [-0.25, -0.2) is 0 Å². The van der Waals surface area contributed by atoms with E-state index in [-0.39, 0.29) is 0 Å². The third kappa shape index (κ3) is 3.19. The van der Waals surface area contributed by atoms with Gasteiger partial charge in [0.25, 0.3) is 0 Å². The molecule has 1 aliphatic carbocycles. The van der Waals surface area contributed by atoms with Gasteiger partial charge in [0.1, 0.15) is 0 Å². The molecule has 0 aromatic carbocycles. The predicted molar refractivity (Wildman–Crippen MR) is 69.8 cm³/mol. The van der Waals surface area contributed by atoms with Gasteiger partial charge in [-0.05, 0) is 33.1 Å². The molecule has 98 valence electrons. The smallest absolute Gasteiger partial charge is 0.0586 e. The first-order valence-corrected chi connectivity index (χ1v) is 6.88. The number of hydrogen-bond acceptors (Lipinski definition) is 4. The first-order valence-electron chi connectivity index (χ1n) is 6.88. The molecule has 17 heavy (non-hydrogen) atoms. The SMILES string of the molecule is CC(C)N1CCN(C2CCC/C(=N\O)C2)CC1. The van der Waals surface area contributed by atoms with Crippen molar-refractivity contribution in [2.75, 3.05) is 26.2 Å². The average Bonchev–Trinajstić information content (AvgIpc) is 2.39. The lowest BCUT2D eigenvalue weighted by molar-refractivity contribution is 0.0739. The molecule has 1 saturated carbocycles. The van der Waals surface area contributed by atoms with Crippen LogP contribution in [0.4, 0.5) is 0 Å². The topological polar surface area (TPSA) is 39.1 Å². The summed E-state index contributed by atoms with van der Waals surface area (Å²) < 4.78 is 0. The van der Waals surface area contributed by atoms with Gasteiger partial charge in [-0.3, -0.25) is 9.80 Å². The Kier molecular flexibility index (Phi) is 4.40. The highest BCUT2D eigenvalue weighted by molar-refractivity contribution is 5.85. The standard InChI is InChI=1S/C13H25N3O/c1-11(2)15-6-8-16(9-7-15)13-5-3-4-12(10-13)14-17/h11,13,17H,3-10H2,1-2H3/b14-12+. The van der Waals surface area contributed by atoms with Gasteiger partial charge in [-0.2, -0.15) is 0 Å². The fraction of sp³-hybridized carbons (Fsp3) is 0.923. The van der Waals surface area contributed by atoms with E-state index in [0.717, 1.165) is 18.6 Å². The van der Waals surface area contributed by atoms with Crippen molar-refractivity contribution in [1.82, 2.24) is 9.80 Å². The summed E-state index contributed by atoms with van der Waals surface area (Å²) in [6.45, 7) is 9.24. The average molecular weight is 239 g/mol. The lowest BCUT2D eigenvalue weighted by Crippen LogP contribution is -2.53. The number of oxime groups is 1. The summed E-state index contributed by atoms with van der Waals surface area (Å²) in [6.07, 6.45) is 4.40. The van der Waals surface area contributed by atoms with Gasteiger partial charge in [0, 0.05) is 44.7 Å². The highest BCUT2D eigenvalue weighted by atomic mass is 16.4. The number of piperazine rings is 1. The van der Waals surface area contributed by atoms with Crippen LogP contribution in [0.3, 0.4) is 0 Å². The molecule has 0 radical (unpaired) electrons. The van der Waals surface area contributed by atoms with E-state index in [1.165, 1.54) is 39.0 Å². The normalized spacial score (nSPS) is 31.2. The van der Waals surface area contributed by atoms with Crippen LogP contribution in [0.15, 0.2) is 5.16 Å². The maximum Gasteiger partial charge on any atom is 0.0586 e. The Bertz CT molecular complexity index is 270. The highest BCUT2D eigenvalue weighted by Gasteiger charge is 2.27. The van der Waals surface area contributed by atoms with Crippen molar-refractivity contribution in [3.63, 3.8) is 0 Å². The zero-order valence-electron chi connectivity index (χ0n) is 11.1. The molecule has 1 heterocycles. The minimum atomic E-state index is 0.615. The molecule has 1 N–H and O–H groups in total. The van der Waals surface area contributed by atoms with Crippen LogP contribution in [0, 0.1) is 0 Å². The van der Waals surface area contributed by atoms with Crippen LogP contribution in [0.25, 0.3) is 0 Å². The van der Waals surface area contributed by atoms with Crippen LogP contribution < -0.4 is 0 Å². The van der Waals surface area contributed by atoms with Crippen LogP contribution in [-0.4, -0.2) is 59.0 Å². The molecule has 1 unspecified atom stereocenters. The van der Waals surface area contributed by atoms with Gasteiger partial charge in [-0.15, -0.1) is 0 Å². The molecule has 4 nitrogen and oxygen atoms in total. The maximum atomic E-state index is 8.88. The molecular formula is C13H25N3O.